The summed E-state index contributed by atoms with van der Waals surface area (Å²) in [6.45, 7) is 1.80. The number of ketones is 1. The molecule has 86 valence electrons. The minimum Gasteiger partial charge on any atom is -0.300 e. The molecule has 1 aliphatic rings. The third-order valence-corrected chi connectivity index (χ3v) is 4.87. The largest absolute Gasteiger partial charge is 0.300 e. The molecule has 0 aliphatic carbocycles. The minimum atomic E-state index is -3.16. The standard InChI is InChI=1S/C12H14O3S/c1-2-10(13)7-9-8-16(14,15)12-6-4-3-5-11(9)12/h3-6,9H,2,7-8H2,1H3. The molecule has 1 heterocycles. The summed E-state index contributed by atoms with van der Waals surface area (Å²) in [5.41, 5.74) is 0.810. The fourth-order valence-corrected chi connectivity index (χ4v) is 4.02. The molecule has 0 saturated carbocycles. The van der Waals surface area contributed by atoms with Crippen molar-refractivity contribution in [3.8, 4) is 0 Å². The predicted octanol–water partition coefficient (Wildman–Crippen LogP) is 1.93. The van der Waals surface area contributed by atoms with E-state index in [1.54, 1.807) is 19.1 Å². The normalized spacial score (nSPS) is 21.7. The van der Waals surface area contributed by atoms with Crippen molar-refractivity contribution in [2.75, 3.05) is 5.75 Å². The van der Waals surface area contributed by atoms with Gasteiger partial charge in [-0.3, -0.25) is 4.79 Å². The van der Waals surface area contributed by atoms with E-state index in [9.17, 15) is 13.2 Å². The quantitative estimate of drug-likeness (QED) is 0.808. The van der Waals surface area contributed by atoms with Gasteiger partial charge in [0.1, 0.15) is 5.78 Å². The Morgan fingerprint density at radius 1 is 1.38 bits per heavy atom. The van der Waals surface area contributed by atoms with Crippen molar-refractivity contribution in [1.82, 2.24) is 0 Å². The highest BCUT2D eigenvalue weighted by molar-refractivity contribution is 7.91. The Morgan fingerprint density at radius 3 is 2.75 bits per heavy atom. The SMILES string of the molecule is CCC(=O)CC1CS(=O)(=O)c2ccccc21. The summed E-state index contributed by atoms with van der Waals surface area (Å²) in [7, 11) is -3.16. The summed E-state index contributed by atoms with van der Waals surface area (Å²) in [6.07, 6.45) is 0.811. The molecule has 0 radical (unpaired) electrons. The number of hydrogen-bond acceptors (Lipinski definition) is 3. The fraction of sp³-hybridized carbons (Fsp3) is 0.417. The van der Waals surface area contributed by atoms with E-state index >= 15 is 0 Å². The van der Waals surface area contributed by atoms with Crippen LogP contribution in [0.4, 0.5) is 0 Å². The Labute approximate surface area is 95.4 Å². The molecule has 1 aromatic carbocycles. The predicted molar refractivity (Wildman–Crippen MR) is 61.2 cm³/mol. The second-order valence-electron chi connectivity index (χ2n) is 4.11. The van der Waals surface area contributed by atoms with Gasteiger partial charge in [0, 0.05) is 18.8 Å². The average Bonchev–Trinajstić information content (AvgIpc) is 2.51. The minimum absolute atomic E-state index is 0.0814. The maximum Gasteiger partial charge on any atom is 0.179 e. The third kappa shape index (κ3) is 1.89. The van der Waals surface area contributed by atoms with Crippen LogP contribution >= 0.6 is 0 Å². The van der Waals surface area contributed by atoms with E-state index in [0.717, 1.165) is 5.56 Å². The zero-order valence-corrected chi connectivity index (χ0v) is 9.96. The zero-order valence-electron chi connectivity index (χ0n) is 9.14. The summed E-state index contributed by atoms with van der Waals surface area (Å²) < 4.78 is 23.6. The van der Waals surface area contributed by atoms with Crippen LogP contribution in [0.25, 0.3) is 0 Å². The lowest BCUT2D eigenvalue weighted by molar-refractivity contribution is -0.119. The molecule has 0 spiro atoms. The Hall–Kier alpha value is -1.16. The summed E-state index contributed by atoms with van der Waals surface area (Å²) in [4.78, 5) is 11.8. The second-order valence-corrected chi connectivity index (χ2v) is 6.12. The van der Waals surface area contributed by atoms with Crippen molar-refractivity contribution in [3.63, 3.8) is 0 Å². The Kier molecular flexibility index (Phi) is 2.84. The Morgan fingerprint density at radius 2 is 2.06 bits per heavy atom. The summed E-state index contributed by atoms with van der Waals surface area (Å²) in [5.74, 6) is 0.0588. The lowest BCUT2D eigenvalue weighted by Crippen LogP contribution is -2.08. The molecular weight excluding hydrogens is 224 g/mol. The van der Waals surface area contributed by atoms with Gasteiger partial charge in [-0.15, -0.1) is 0 Å². The highest BCUT2D eigenvalue weighted by atomic mass is 32.2. The molecule has 1 aromatic rings. The van der Waals surface area contributed by atoms with Gasteiger partial charge in [0.25, 0.3) is 0 Å². The lowest BCUT2D eigenvalue weighted by Gasteiger charge is -2.07. The molecule has 0 saturated heterocycles. The van der Waals surface area contributed by atoms with Crippen LogP contribution in [0.1, 0.15) is 31.2 Å². The molecule has 2 rings (SSSR count). The molecular formula is C12H14O3S. The van der Waals surface area contributed by atoms with Gasteiger partial charge in [0.05, 0.1) is 10.6 Å². The summed E-state index contributed by atoms with van der Waals surface area (Å²) >= 11 is 0. The van der Waals surface area contributed by atoms with Crippen molar-refractivity contribution in [1.29, 1.82) is 0 Å². The molecule has 3 nitrogen and oxygen atoms in total. The molecule has 0 fully saturated rings. The van der Waals surface area contributed by atoms with Gasteiger partial charge < -0.3 is 0 Å². The van der Waals surface area contributed by atoms with Crippen molar-refractivity contribution in [2.45, 2.75) is 30.6 Å². The van der Waals surface area contributed by atoms with Crippen LogP contribution in [0.5, 0.6) is 0 Å². The van der Waals surface area contributed by atoms with Crippen LogP contribution in [0.15, 0.2) is 29.2 Å². The van der Waals surface area contributed by atoms with Crippen LogP contribution in [0.2, 0.25) is 0 Å². The highest BCUT2D eigenvalue weighted by Crippen LogP contribution is 2.36. The van der Waals surface area contributed by atoms with Crippen molar-refractivity contribution < 1.29 is 13.2 Å². The van der Waals surface area contributed by atoms with Gasteiger partial charge >= 0.3 is 0 Å². The van der Waals surface area contributed by atoms with Gasteiger partial charge in [0.15, 0.2) is 9.84 Å². The van der Waals surface area contributed by atoms with Crippen molar-refractivity contribution in [3.05, 3.63) is 29.8 Å². The number of sulfone groups is 1. The first-order valence-electron chi connectivity index (χ1n) is 5.38. The van der Waals surface area contributed by atoms with Crippen LogP contribution in [-0.4, -0.2) is 20.0 Å². The smallest absolute Gasteiger partial charge is 0.179 e. The number of rotatable bonds is 3. The van der Waals surface area contributed by atoms with E-state index in [1.165, 1.54) is 0 Å². The van der Waals surface area contributed by atoms with E-state index in [1.807, 2.05) is 12.1 Å². The highest BCUT2D eigenvalue weighted by Gasteiger charge is 2.34. The van der Waals surface area contributed by atoms with Crippen molar-refractivity contribution >= 4 is 15.6 Å². The van der Waals surface area contributed by atoms with Crippen LogP contribution in [0.3, 0.4) is 0 Å². The van der Waals surface area contributed by atoms with Crippen LogP contribution in [-0.2, 0) is 14.6 Å². The molecule has 0 aromatic heterocycles. The molecule has 1 atom stereocenters. The number of hydrogen-bond donors (Lipinski definition) is 0. The monoisotopic (exact) mass is 238 g/mol. The van der Waals surface area contributed by atoms with Gasteiger partial charge in [-0.1, -0.05) is 25.1 Å². The first kappa shape index (κ1) is 11.3. The van der Waals surface area contributed by atoms with Gasteiger partial charge in [-0.05, 0) is 11.6 Å². The number of carbonyl (C=O) groups is 1. The number of carbonyl (C=O) groups excluding carboxylic acids is 1. The molecule has 1 aliphatic heterocycles. The summed E-state index contributed by atoms with van der Waals surface area (Å²) in [6, 6.07) is 6.98. The Balaban J connectivity index is 2.37. The van der Waals surface area contributed by atoms with E-state index in [4.69, 9.17) is 0 Å². The van der Waals surface area contributed by atoms with Crippen LogP contribution in [0, 0.1) is 0 Å². The second kappa shape index (κ2) is 4.01. The zero-order chi connectivity index (χ0) is 11.8. The molecule has 1 unspecified atom stereocenters. The van der Waals surface area contributed by atoms with Gasteiger partial charge in [-0.25, -0.2) is 8.42 Å². The third-order valence-electron chi connectivity index (χ3n) is 2.98. The number of benzene rings is 1. The van der Waals surface area contributed by atoms with Crippen molar-refractivity contribution in [2.24, 2.45) is 0 Å². The topological polar surface area (TPSA) is 51.2 Å². The molecule has 16 heavy (non-hydrogen) atoms. The Bertz CT molecular complexity index is 517. The average molecular weight is 238 g/mol. The van der Waals surface area contributed by atoms with Crippen LogP contribution < -0.4 is 0 Å². The molecule has 0 N–H and O–H groups in total. The van der Waals surface area contributed by atoms with E-state index < -0.39 is 9.84 Å². The first-order valence-corrected chi connectivity index (χ1v) is 7.03. The first-order chi connectivity index (χ1) is 7.54. The maximum atomic E-state index is 11.8. The molecule has 4 heteroatoms. The molecule has 0 amide bonds. The van der Waals surface area contributed by atoms with E-state index in [-0.39, 0.29) is 17.5 Å². The fourth-order valence-electron chi connectivity index (χ4n) is 2.13. The maximum absolute atomic E-state index is 11.8. The number of fused-ring (bicyclic) bond motifs is 1. The van der Waals surface area contributed by atoms with Gasteiger partial charge in [-0.2, -0.15) is 0 Å². The van der Waals surface area contributed by atoms with E-state index in [2.05, 4.69) is 0 Å². The van der Waals surface area contributed by atoms with Gasteiger partial charge in [0.2, 0.25) is 0 Å². The molecule has 0 bridgehead atoms. The summed E-state index contributed by atoms with van der Waals surface area (Å²) in [5, 5.41) is 0. The van der Waals surface area contributed by atoms with E-state index in [0.29, 0.717) is 17.7 Å². The number of Topliss-reactive ketones (excluding diaryl/α,β-unsaturated/α-hetero) is 1. The lowest BCUT2D eigenvalue weighted by atomic mass is 9.95.